The monoisotopic (exact) mass is 474 g/mol. The molecule has 16 nitrogen and oxygen atoms in total. The van der Waals surface area contributed by atoms with E-state index in [1.807, 2.05) is 10.9 Å². The molecule has 30 heavy (non-hydrogen) atoms. The van der Waals surface area contributed by atoms with Gasteiger partial charge in [-0.05, 0) is 0 Å². The molecule has 2 atom stereocenters. The van der Waals surface area contributed by atoms with Gasteiger partial charge in [-0.15, -0.1) is 0 Å². The van der Waals surface area contributed by atoms with Gasteiger partial charge in [-0.3, -0.25) is 31.3 Å². The lowest BCUT2D eigenvalue weighted by atomic mass is 10.3. The van der Waals surface area contributed by atoms with Crippen molar-refractivity contribution in [3.63, 3.8) is 0 Å². The van der Waals surface area contributed by atoms with Gasteiger partial charge in [0, 0.05) is 11.5 Å². The molecule has 0 saturated heterocycles. The second-order valence-electron chi connectivity index (χ2n) is 4.94. The zero-order valence-electron chi connectivity index (χ0n) is 15.7. The Morgan fingerprint density at radius 3 is 1.43 bits per heavy atom. The number of ether oxygens (including phenoxy) is 2. The Morgan fingerprint density at radius 1 is 0.767 bits per heavy atom. The van der Waals surface area contributed by atoms with Crippen LogP contribution in [0.25, 0.3) is 0 Å². The molecule has 174 valence electrons. The van der Waals surface area contributed by atoms with Gasteiger partial charge in [-0.1, -0.05) is 21.6 Å². The van der Waals surface area contributed by atoms with Crippen LogP contribution in [0, 0.1) is 0 Å². The van der Waals surface area contributed by atoms with Gasteiger partial charge < -0.3 is 19.7 Å². The van der Waals surface area contributed by atoms with Gasteiger partial charge in [0.1, 0.15) is 25.3 Å². The van der Waals surface area contributed by atoms with E-state index in [0.29, 0.717) is 11.5 Å². The van der Waals surface area contributed by atoms with Gasteiger partial charge >= 0.3 is 12.2 Å². The van der Waals surface area contributed by atoms with Crippen molar-refractivity contribution in [2.45, 2.75) is 12.1 Å². The zero-order chi connectivity index (χ0) is 22.8. The first-order valence-corrected chi connectivity index (χ1v) is 10.7. The molecule has 0 spiro atoms. The SMILES string of the molecule is NNC(=O)C(CO)NNC(=O)OCCSSCCOC(=O)NNC(CO)C(=O)NN. The van der Waals surface area contributed by atoms with Crippen LogP contribution in [0.1, 0.15) is 0 Å². The first kappa shape index (κ1) is 27.9. The summed E-state index contributed by atoms with van der Waals surface area (Å²) in [5, 5.41) is 17.9. The van der Waals surface area contributed by atoms with Crippen LogP contribution in [0.5, 0.6) is 0 Å². The summed E-state index contributed by atoms with van der Waals surface area (Å²) < 4.78 is 9.66. The first-order valence-electron chi connectivity index (χ1n) is 8.23. The number of amides is 4. The molecule has 0 aliphatic carbocycles. The Hall–Kier alpha value is -2.06. The summed E-state index contributed by atoms with van der Waals surface area (Å²) >= 11 is 0. The molecule has 0 rings (SSSR count). The quantitative estimate of drug-likeness (QED) is 0.0353. The molecule has 0 fully saturated rings. The number of carbonyl (C=O) groups excluding carboxylic acids is 4. The van der Waals surface area contributed by atoms with Crippen LogP contribution in [0.15, 0.2) is 0 Å². The lowest BCUT2D eigenvalue weighted by Gasteiger charge is -2.15. The van der Waals surface area contributed by atoms with Crippen molar-refractivity contribution in [3.8, 4) is 0 Å². The molecule has 0 aromatic heterocycles. The predicted molar refractivity (Wildman–Crippen MR) is 107 cm³/mol. The molecule has 0 aliphatic heterocycles. The summed E-state index contributed by atoms with van der Waals surface area (Å²) in [6.07, 6.45) is -1.69. The van der Waals surface area contributed by atoms with Gasteiger partial charge in [0.2, 0.25) is 0 Å². The molecule has 12 N–H and O–H groups in total. The minimum absolute atomic E-state index is 0.0646. The number of aliphatic hydroxyl groups is 2. The van der Waals surface area contributed by atoms with Crippen LogP contribution in [-0.2, 0) is 19.1 Å². The highest BCUT2D eigenvalue weighted by Gasteiger charge is 2.17. The number of hydrazine groups is 4. The number of rotatable bonds is 15. The molecular formula is C12H26N8O8S2. The largest absolute Gasteiger partial charge is 0.448 e. The summed E-state index contributed by atoms with van der Waals surface area (Å²) in [6, 6.07) is -2.24. The fraction of sp³-hybridized carbons (Fsp3) is 0.667. The van der Waals surface area contributed by atoms with E-state index < -0.39 is 49.3 Å². The topological polar surface area (TPSA) is 251 Å². The lowest BCUT2D eigenvalue weighted by Crippen LogP contribution is -2.55. The summed E-state index contributed by atoms with van der Waals surface area (Å²) in [5.41, 5.74) is 12.3. The second kappa shape index (κ2) is 17.8. The normalized spacial score (nSPS) is 12.3. The Labute approximate surface area is 179 Å². The van der Waals surface area contributed by atoms with Crippen molar-refractivity contribution >= 4 is 45.6 Å². The zero-order valence-corrected chi connectivity index (χ0v) is 17.3. The van der Waals surface area contributed by atoms with Crippen LogP contribution < -0.4 is 44.2 Å². The van der Waals surface area contributed by atoms with Gasteiger partial charge in [0.05, 0.1) is 13.2 Å². The molecule has 0 aromatic rings. The molecule has 18 heteroatoms. The maximum Gasteiger partial charge on any atom is 0.421 e. The van der Waals surface area contributed by atoms with Crippen LogP contribution >= 0.6 is 21.6 Å². The standard InChI is InChI=1S/C12H26N8O8S2/c13-15-9(23)7(5-21)17-19-11(25)27-1-3-29-30-4-2-28-12(26)20-18-8(6-22)10(24)16-14/h7-8,17-18,21-22H,1-6,13-14H2,(H,15,23)(H,16,24)(H,19,25)(H,20,26). The smallest absolute Gasteiger partial charge is 0.421 e. The predicted octanol–water partition coefficient (Wildman–Crippen LogP) is -4.47. The van der Waals surface area contributed by atoms with Gasteiger partial charge in [0.15, 0.2) is 0 Å². The van der Waals surface area contributed by atoms with Crippen molar-refractivity contribution in [2.24, 2.45) is 11.7 Å². The van der Waals surface area contributed by atoms with Crippen molar-refractivity contribution in [1.29, 1.82) is 0 Å². The Morgan fingerprint density at radius 2 is 1.13 bits per heavy atom. The number of hydrogen-bond acceptors (Lipinski definition) is 14. The number of nitrogens with one attached hydrogen (secondary N) is 6. The Kier molecular flexibility index (Phi) is 16.5. The number of carbonyl (C=O) groups is 4. The highest BCUT2D eigenvalue weighted by molar-refractivity contribution is 8.76. The molecular weight excluding hydrogens is 448 g/mol. The van der Waals surface area contributed by atoms with E-state index >= 15 is 0 Å². The van der Waals surface area contributed by atoms with Crippen molar-refractivity contribution in [3.05, 3.63) is 0 Å². The molecule has 4 amide bonds. The average molecular weight is 475 g/mol. The molecule has 2 unspecified atom stereocenters. The van der Waals surface area contributed by atoms with E-state index in [4.69, 9.17) is 31.4 Å². The molecule has 0 aromatic carbocycles. The van der Waals surface area contributed by atoms with Crippen LogP contribution in [0.2, 0.25) is 0 Å². The highest BCUT2D eigenvalue weighted by Crippen LogP contribution is 2.20. The molecule has 0 radical (unpaired) electrons. The Balaban J connectivity index is 3.67. The van der Waals surface area contributed by atoms with E-state index in [1.165, 1.54) is 21.6 Å². The number of nitrogens with two attached hydrogens (primary N) is 2. The lowest BCUT2D eigenvalue weighted by molar-refractivity contribution is -0.125. The van der Waals surface area contributed by atoms with E-state index in [0.717, 1.165) is 0 Å². The van der Waals surface area contributed by atoms with Crippen molar-refractivity contribution in [2.75, 3.05) is 37.9 Å². The van der Waals surface area contributed by atoms with E-state index in [9.17, 15) is 19.2 Å². The van der Waals surface area contributed by atoms with Crippen molar-refractivity contribution in [1.82, 2.24) is 32.6 Å². The molecule has 0 saturated carbocycles. The summed E-state index contributed by atoms with van der Waals surface area (Å²) in [6.45, 7) is -1.04. The fourth-order valence-corrected chi connectivity index (χ4v) is 3.06. The Bertz CT molecular complexity index is 500. The summed E-state index contributed by atoms with van der Waals surface area (Å²) in [7, 11) is 2.71. The molecule has 0 heterocycles. The third-order valence-corrected chi connectivity index (χ3v) is 5.20. The minimum Gasteiger partial charge on any atom is -0.448 e. The van der Waals surface area contributed by atoms with Gasteiger partial charge in [0.25, 0.3) is 11.8 Å². The molecule has 0 bridgehead atoms. The highest BCUT2D eigenvalue weighted by atomic mass is 33.1. The fourth-order valence-electron chi connectivity index (χ4n) is 1.41. The molecule has 0 aliphatic rings. The van der Waals surface area contributed by atoms with E-state index in [-0.39, 0.29) is 13.2 Å². The average Bonchev–Trinajstić information content (AvgIpc) is 2.75. The maximum atomic E-state index is 11.4. The number of aliphatic hydroxyl groups excluding tert-OH is 2. The van der Waals surface area contributed by atoms with E-state index in [1.54, 1.807) is 0 Å². The van der Waals surface area contributed by atoms with E-state index in [2.05, 4.69) is 21.7 Å². The van der Waals surface area contributed by atoms with Crippen LogP contribution in [0.3, 0.4) is 0 Å². The van der Waals surface area contributed by atoms with Crippen LogP contribution in [-0.4, -0.2) is 84.2 Å². The minimum atomic E-state index is -1.12. The first-order chi connectivity index (χ1) is 14.4. The van der Waals surface area contributed by atoms with Gasteiger partial charge in [-0.25, -0.2) is 32.1 Å². The van der Waals surface area contributed by atoms with Gasteiger partial charge in [-0.2, -0.15) is 0 Å². The van der Waals surface area contributed by atoms with Crippen molar-refractivity contribution < 1.29 is 38.9 Å². The third kappa shape index (κ3) is 13.2. The third-order valence-electron chi connectivity index (χ3n) is 2.86. The van der Waals surface area contributed by atoms with Crippen LogP contribution in [0.4, 0.5) is 9.59 Å². The second-order valence-corrected chi connectivity index (χ2v) is 7.64. The maximum absolute atomic E-state index is 11.4. The summed E-state index contributed by atoms with van der Waals surface area (Å²) in [5.74, 6) is 9.25. The summed E-state index contributed by atoms with van der Waals surface area (Å²) in [4.78, 5) is 45.2. The number of hydrogen-bond donors (Lipinski definition) is 10.